The number of carbonyl (C=O) groups is 1. The predicted molar refractivity (Wildman–Crippen MR) is 67.6 cm³/mol. The highest BCUT2D eigenvalue weighted by Gasteiger charge is 2.15. The van der Waals surface area contributed by atoms with Gasteiger partial charge in [0.2, 0.25) is 0 Å². The average Bonchev–Trinajstić information content (AvgIpc) is 2.73. The summed E-state index contributed by atoms with van der Waals surface area (Å²) in [6, 6.07) is 5.06. The first-order valence-electron chi connectivity index (χ1n) is 5.94. The monoisotopic (exact) mass is 282 g/mol. The smallest absolute Gasteiger partial charge is 0.251 e. The van der Waals surface area contributed by atoms with Crippen molar-refractivity contribution in [2.75, 3.05) is 0 Å². The lowest BCUT2D eigenvalue weighted by Crippen LogP contribution is -2.24. The van der Waals surface area contributed by atoms with Gasteiger partial charge in [-0.15, -0.1) is 0 Å². The molecular weight excluding hydrogens is 269 g/mol. The number of hydrogen-bond donors (Lipinski definition) is 1. The number of carbonyl (C=O) groups excluding carboxylic acids is 1. The molecule has 0 spiro atoms. The molecule has 0 aliphatic heterocycles. The SMILES string of the molecule is Cc1ccc(CNC(=O)c2cc(F)c(F)c(F)c2)n1C. The van der Waals surface area contributed by atoms with Crippen molar-refractivity contribution in [3.63, 3.8) is 0 Å². The summed E-state index contributed by atoms with van der Waals surface area (Å²) in [5.41, 5.74) is 1.61. The van der Waals surface area contributed by atoms with Crippen LogP contribution in [0.15, 0.2) is 24.3 Å². The van der Waals surface area contributed by atoms with Crippen molar-refractivity contribution in [3.05, 3.63) is 58.7 Å². The third-order valence-corrected chi connectivity index (χ3v) is 3.15. The molecule has 0 saturated carbocycles. The Balaban J connectivity index is 2.11. The number of nitrogens with zero attached hydrogens (tertiary/aromatic N) is 1. The van der Waals surface area contributed by atoms with E-state index in [2.05, 4.69) is 5.32 Å². The van der Waals surface area contributed by atoms with Crippen LogP contribution in [0.1, 0.15) is 21.7 Å². The summed E-state index contributed by atoms with van der Waals surface area (Å²) in [4.78, 5) is 11.8. The largest absolute Gasteiger partial charge is 0.350 e. The van der Waals surface area contributed by atoms with Crippen molar-refractivity contribution in [3.8, 4) is 0 Å². The Morgan fingerprint density at radius 3 is 2.30 bits per heavy atom. The highest BCUT2D eigenvalue weighted by atomic mass is 19.2. The lowest BCUT2D eigenvalue weighted by atomic mass is 10.2. The lowest BCUT2D eigenvalue weighted by Gasteiger charge is -2.08. The summed E-state index contributed by atoms with van der Waals surface area (Å²) in [5, 5.41) is 2.53. The minimum absolute atomic E-state index is 0.212. The molecule has 0 fully saturated rings. The summed E-state index contributed by atoms with van der Waals surface area (Å²) < 4.78 is 40.7. The van der Waals surface area contributed by atoms with Crippen LogP contribution in [0.3, 0.4) is 0 Å². The van der Waals surface area contributed by atoms with Crippen LogP contribution in [0.2, 0.25) is 0 Å². The third-order valence-electron chi connectivity index (χ3n) is 3.15. The van der Waals surface area contributed by atoms with Gasteiger partial charge in [0.15, 0.2) is 17.5 Å². The maximum atomic E-state index is 13.0. The predicted octanol–water partition coefficient (Wildman–Crippen LogP) is 2.68. The minimum atomic E-state index is -1.58. The molecule has 0 atom stereocenters. The van der Waals surface area contributed by atoms with Gasteiger partial charge in [0, 0.05) is 24.0 Å². The molecule has 0 bridgehead atoms. The highest BCUT2D eigenvalue weighted by molar-refractivity contribution is 5.94. The molecule has 2 aromatic rings. The van der Waals surface area contributed by atoms with E-state index in [-0.39, 0.29) is 12.1 Å². The van der Waals surface area contributed by atoms with Gasteiger partial charge < -0.3 is 9.88 Å². The standard InChI is InChI=1S/C14H13F3N2O/c1-8-3-4-10(19(8)2)7-18-14(20)9-5-11(15)13(17)12(16)6-9/h3-6H,7H2,1-2H3,(H,18,20). The number of aromatic nitrogens is 1. The molecule has 3 nitrogen and oxygen atoms in total. The van der Waals surface area contributed by atoms with E-state index < -0.39 is 23.4 Å². The Bertz CT molecular complexity index is 641. The van der Waals surface area contributed by atoms with Gasteiger partial charge in [-0.25, -0.2) is 13.2 Å². The number of rotatable bonds is 3. The van der Waals surface area contributed by atoms with Gasteiger partial charge in [-0.2, -0.15) is 0 Å². The zero-order valence-corrected chi connectivity index (χ0v) is 11.0. The van der Waals surface area contributed by atoms with E-state index in [4.69, 9.17) is 0 Å². The molecule has 1 heterocycles. The summed E-state index contributed by atoms with van der Waals surface area (Å²) in [5.74, 6) is -5.02. The van der Waals surface area contributed by atoms with Crippen molar-refractivity contribution < 1.29 is 18.0 Å². The number of benzene rings is 1. The van der Waals surface area contributed by atoms with Gasteiger partial charge in [0.1, 0.15) is 0 Å². The quantitative estimate of drug-likeness (QED) is 0.863. The Morgan fingerprint density at radius 2 is 1.80 bits per heavy atom. The molecule has 0 saturated heterocycles. The first-order valence-corrected chi connectivity index (χ1v) is 5.94. The number of amides is 1. The van der Waals surface area contributed by atoms with E-state index in [9.17, 15) is 18.0 Å². The van der Waals surface area contributed by atoms with E-state index in [0.29, 0.717) is 12.1 Å². The topological polar surface area (TPSA) is 34.0 Å². The van der Waals surface area contributed by atoms with E-state index in [1.54, 1.807) is 0 Å². The van der Waals surface area contributed by atoms with Crippen LogP contribution in [0.5, 0.6) is 0 Å². The van der Waals surface area contributed by atoms with Crippen LogP contribution >= 0.6 is 0 Å². The molecule has 106 valence electrons. The zero-order valence-electron chi connectivity index (χ0n) is 11.0. The van der Waals surface area contributed by atoms with Crippen LogP contribution in [-0.2, 0) is 13.6 Å². The summed E-state index contributed by atoms with van der Waals surface area (Å²) in [6.07, 6.45) is 0. The Labute approximate surface area is 114 Å². The fourth-order valence-electron chi connectivity index (χ4n) is 1.80. The normalized spacial score (nSPS) is 10.7. The summed E-state index contributed by atoms with van der Waals surface area (Å²) >= 11 is 0. The number of hydrogen-bond acceptors (Lipinski definition) is 1. The van der Waals surface area contributed by atoms with Crippen LogP contribution in [0.25, 0.3) is 0 Å². The average molecular weight is 282 g/mol. The molecular formula is C14H13F3N2O. The number of nitrogens with one attached hydrogen (secondary N) is 1. The van der Waals surface area contributed by atoms with E-state index >= 15 is 0 Å². The van der Waals surface area contributed by atoms with Gasteiger partial charge in [0.25, 0.3) is 5.91 Å². The molecule has 2 rings (SSSR count). The van der Waals surface area contributed by atoms with E-state index in [0.717, 1.165) is 11.4 Å². The van der Waals surface area contributed by atoms with Gasteiger partial charge in [0.05, 0.1) is 6.54 Å². The van der Waals surface area contributed by atoms with E-state index in [1.807, 2.05) is 30.7 Å². The lowest BCUT2D eigenvalue weighted by molar-refractivity contribution is 0.0949. The molecule has 1 N–H and O–H groups in total. The van der Waals surface area contributed by atoms with Crippen LogP contribution in [-0.4, -0.2) is 10.5 Å². The van der Waals surface area contributed by atoms with Crippen molar-refractivity contribution in [1.82, 2.24) is 9.88 Å². The van der Waals surface area contributed by atoms with Crippen molar-refractivity contribution in [1.29, 1.82) is 0 Å². The summed E-state index contributed by atoms with van der Waals surface area (Å²) in [7, 11) is 1.84. The molecule has 6 heteroatoms. The fourth-order valence-corrected chi connectivity index (χ4v) is 1.80. The van der Waals surface area contributed by atoms with Crippen molar-refractivity contribution in [2.24, 2.45) is 7.05 Å². The second-order valence-electron chi connectivity index (χ2n) is 4.46. The maximum absolute atomic E-state index is 13.0. The summed E-state index contributed by atoms with van der Waals surface area (Å²) in [6.45, 7) is 2.12. The molecule has 0 unspecified atom stereocenters. The maximum Gasteiger partial charge on any atom is 0.251 e. The minimum Gasteiger partial charge on any atom is -0.350 e. The van der Waals surface area contributed by atoms with Crippen molar-refractivity contribution in [2.45, 2.75) is 13.5 Å². The first kappa shape index (κ1) is 14.2. The zero-order chi connectivity index (χ0) is 14.9. The second-order valence-corrected chi connectivity index (χ2v) is 4.46. The van der Waals surface area contributed by atoms with Crippen LogP contribution in [0, 0.1) is 24.4 Å². The van der Waals surface area contributed by atoms with Gasteiger partial charge >= 0.3 is 0 Å². The second kappa shape index (κ2) is 5.40. The third kappa shape index (κ3) is 2.68. The van der Waals surface area contributed by atoms with Crippen LogP contribution in [0.4, 0.5) is 13.2 Å². The number of halogens is 3. The Hall–Kier alpha value is -2.24. The molecule has 1 amide bonds. The van der Waals surface area contributed by atoms with Crippen molar-refractivity contribution >= 4 is 5.91 Å². The highest BCUT2D eigenvalue weighted by Crippen LogP contribution is 2.14. The fraction of sp³-hybridized carbons (Fsp3) is 0.214. The van der Waals surface area contributed by atoms with Gasteiger partial charge in [-0.1, -0.05) is 0 Å². The molecule has 0 radical (unpaired) electrons. The molecule has 1 aromatic heterocycles. The first-order chi connectivity index (χ1) is 9.40. The molecule has 20 heavy (non-hydrogen) atoms. The van der Waals surface area contributed by atoms with Gasteiger partial charge in [-0.3, -0.25) is 4.79 Å². The molecule has 1 aromatic carbocycles. The molecule has 0 aliphatic carbocycles. The van der Waals surface area contributed by atoms with Gasteiger partial charge in [-0.05, 0) is 31.2 Å². The molecule has 0 aliphatic rings. The Kier molecular flexibility index (Phi) is 3.83. The van der Waals surface area contributed by atoms with E-state index in [1.165, 1.54) is 0 Å². The number of aryl methyl sites for hydroxylation is 1. The van der Waals surface area contributed by atoms with Crippen LogP contribution < -0.4 is 5.32 Å². The Morgan fingerprint density at radius 1 is 1.20 bits per heavy atom.